The SMILES string of the molecule is c1ccc(N(c2ccccc2)c2ccc(-c3cc(-c4ccc5c(c4)c4ccccc4n5-c4ccccc4)cc(-c4ccc5c6c7ccccc7c7ccccc7c6n(-c6ccccc6)c5c4)c3)cc2)cc1. The van der Waals surface area contributed by atoms with Crippen molar-refractivity contribution in [1.82, 2.24) is 9.13 Å². The van der Waals surface area contributed by atoms with E-state index in [4.69, 9.17) is 0 Å². The third-order valence-corrected chi connectivity index (χ3v) is 14.4. The molecule has 0 fully saturated rings. The van der Waals surface area contributed by atoms with Crippen molar-refractivity contribution >= 4 is 82.2 Å². The molecular weight excluding hydrogens is 859 g/mol. The average molecular weight is 904 g/mol. The van der Waals surface area contributed by atoms with Crippen LogP contribution in [0.1, 0.15) is 0 Å². The first-order valence-electron chi connectivity index (χ1n) is 24.4. The maximum Gasteiger partial charge on any atom is 0.0625 e. The van der Waals surface area contributed by atoms with E-state index in [1.807, 2.05) is 0 Å². The standard InChI is InChI=1S/C68H45N3/c1-5-19-52(20-6-1)69(53-21-7-2-8-22-53)56-37-33-46(34-38-56)49-41-50(47-36-40-65-63(44-47)59-29-17-18-32-64(59)70(65)54-23-9-3-10-24-54)43-51(42-49)48-35-39-62-66(45-48)71(55-25-11-4-12-26-55)68-61-31-16-14-28-58(61)57-27-13-15-30-60(57)67(62)68/h1-45H. The second-order valence-corrected chi connectivity index (χ2v) is 18.5. The minimum Gasteiger partial charge on any atom is -0.311 e. The number of fused-ring (bicyclic) bond motifs is 11. The summed E-state index contributed by atoms with van der Waals surface area (Å²) in [6.45, 7) is 0. The van der Waals surface area contributed by atoms with Gasteiger partial charge in [-0.3, -0.25) is 0 Å². The van der Waals surface area contributed by atoms with Gasteiger partial charge in [0.25, 0.3) is 0 Å². The molecule has 71 heavy (non-hydrogen) atoms. The summed E-state index contributed by atoms with van der Waals surface area (Å²) in [7, 11) is 0. The molecule has 14 aromatic rings. The first kappa shape index (κ1) is 40.6. The zero-order chi connectivity index (χ0) is 46.8. The maximum absolute atomic E-state index is 2.49. The summed E-state index contributed by atoms with van der Waals surface area (Å²) in [6, 6.07) is 99.7. The summed E-state index contributed by atoms with van der Waals surface area (Å²) in [5.41, 5.74) is 17.4. The van der Waals surface area contributed by atoms with Crippen molar-refractivity contribution in [3.8, 4) is 44.8 Å². The lowest BCUT2D eigenvalue weighted by molar-refractivity contribution is 1.18. The molecule has 332 valence electrons. The number of rotatable bonds is 8. The van der Waals surface area contributed by atoms with Crippen LogP contribution in [0, 0.1) is 0 Å². The molecule has 2 aromatic heterocycles. The highest BCUT2D eigenvalue weighted by Crippen LogP contribution is 2.45. The van der Waals surface area contributed by atoms with E-state index in [-0.39, 0.29) is 0 Å². The summed E-state index contributed by atoms with van der Waals surface area (Å²) in [5.74, 6) is 0. The predicted molar refractivity (Wildman–Crippen MR) is 301 cm³/mol. The van der Waals surface area contributed by atoms with E-state index in [1.54, 1.807) is 0 Å². The lowest BCUT2D eigenvalue weighted by Gasteiger charge is -2.25. The van der Waals surface area contributed by atoms with Crippen LogP contribution in [0.5, 0.6) is 0 Å². The lowest BCUT2D eigenvalue weighted by Crippen LogP contribution is -2.09. The molecular formula is C68H45N3. The first-order chi connectivity index (χ1) is 35.2. The van der Waals surface area contributed by atoms with Crippen molar-refractivity contribution in [2.75, 3.05) is 4.90 Å². The molecule has 12 aromatic carbocycles. The van der Waals surface area contributed by atoms with Gasteiger partial charge in [-0.05, 0) is 153 Å². The Morgan fingerprint density at radius 1 is 0.225 bits per heavy atom. The smallest absolute Gasteiger partial charge is 0.0625 e. The highest BCUT2D eigenvalue weighted by atomic mass is 15.1. The van der Waals surface area contributed by atoms with E-state index >= 15 is 0 Å². The summed E-state index contributed by atoms with van der Waals surface area (Å²) < 4.78 is 4.88. The van der Waals surface area contributed by atoms with Crippen LogP contribution in [0.2, 0.25) is 0 Å². The third kappa shape index (κ3) is 6.74. The van der Waals surface area contributed by atoms with Gasteiger partial charge < -0.3 is 14.0 Å². The van der Waals surface area contributed by atoms with Crippen LogP contribution in [-0.4, -0.2) is 9.13 Å². The Bertz CT molecular complexity index is 4260. The first-order valence-corrected chi connectivity index (χ1v) is 24.4. The van der Waals surface area contributed by atoms with Gasteiger partial charge in [0.05, 0.1) is 22.1 Å². The van der Waals surface area contributed by atoms with Crippen LogP contribution in [-0.2, 0) is 0 Å². The average Bonchev–Trinajstić information content (AvgIpc) is 3.97. The van der Waals surface area contributed by atoms with Gasteiger partial charge in [0, 0.05) is 55.4 Å². The van der Waals surface area contributed by atoms with E-state index in [0.29, 0.717) is 0 Å². The number of benzene rings is 12. The molecule has 2 heterocycles. The van der Waals surface area contributed by atoms with Gasteiger partial charge in [-0.1, -0.05) is 170 Å². The van der Waals surface area contributed by atoms with Crippen LogP contribution < -0.4 is 4.90 Å². The molecule has 0 spiro atoms. The number of hydrogen-bond donors (Lipinski definition) is 0. The van der Waals surface area contributed by atoms with Gasteiger partial charge in [-0.2, -0.15) is 0 Å². The molecule has 0 aliphatic heterocycles. The molecule has 0 N–H and O–H groups in total. The van der Waals surface area contributed by atoms with Crippen LogP contribution >= 0.6 is 0 Å². The molecule has 0 aliphatic rings. The zero-order valence-corrected chi connectivity index (χ0v) is 38.8. The molecule has 3 heteroatoms. The molecule has 0 atom stereocenters. The van der Waals surface area contributed by atoms with Gasteiger partial charge in [0.15, 0.2) is 0 Å². The van der Waals surface area contributed by atoms with Gasteiger partial charge in [0.2, 0.25) is 0 Å². The normalized spacial score (nSPS) is 11.7. The highest BCUT2D eigenvalue weighted by Gasteiger charge is 2.21. The van der Waals surface area contributed by atoms with Gasteiger partial charge in [0.1, 0.15) is 0 Å². The quantitative estimate of drug-likeness (QED) is 0.139. The minimum absolute atomic E-state index is 1.10. The van der Waals surface area contributed by atoms with Crippen LogP contribution in [0.4, 0.5) is 17.1 Å². The van der Waals surface area contributed by atoms with Gasteiger partial charge >= 0.3 is 0 Å². The predicted octanol–water partition coefficient (Wildman–Crippen LogP) is 18.7. The van der Waals surface area contributed by atoms with Gasteiger partial charge in [-0.15, -0.1) is 0 Å². The molecule has 0 aliphatic carbocycles. The number of aromatic nitrogens is 2. The van der Waals surface area contributed by atoms with Crippen LogP contribution in [0.15, 0.2) is 273 Å². The molecule has 0 bridgehead atoms. The fourth-order valence-corrected chi connectivity index (χ4v) is 11.2. The number of anilines is 3. The maximum atomic E-state index is 2.49. The Morgan fingerprint density at radius 3 is 1.30 bits per heavy atom. The summed E-state index contributed by atoms with van der Waals surface area (Å²) in [5, 5.41) is 10.0. The summed E-state index contributed by atoms with van der Waals surface area (Å²) in [6.07, 6.45) is 0. The minimum atomic E-state index is 1.10. The second-order valence-electron chi connectivity index (χ2n) is 18.5. The number of nitrogens with zero attached hydrogens (tertiary/aromatic N) is 3. The molecule has 3 nitrogen and oxygen atoms in total. The van der Waals surface area contributed by atoms with Gasteiger partial charge in [-0.25, -0.2) is 0 Å². The molecule has 0 unspecified atom stereocenters. The monoisotopic (exact) mass is 903 g/mol. The van der Waals surface area contributed by atoms with Crippen LogP contribution in [0.25, 0.3) is 110 Å². The fourth-order valence-electron chi connectivity index (χ4n) is 11.2. The van der Waals surface area contributed by atoms with E-state index in [9.17, 15) is 0 Å². The Hall–Kier alpha value is -9.44. The highest BCUT2D eigenvalue weighted by molar-refractivity contribution is 6.32. The fraction of sp³-hybridized carbons (Fsp3) is 0. The Balaban J connectivity index is 0.992. The Labute approximate surface area is 412 Å². The molecule has 14 rings (SSSR count). The summed E-state index contributed by atoms with van der Waals surface area (Å²) in [4.78, 5) is 2.32. The number of para-hydroxylation sites is 5. The van der Waals surface area contributed by atoms with E-state index in [1.165, 1.54) is 70.7 Å². The second kappa shape index (κ2) is 16.7. The van der Waals surface area contributed by atoms with Crippen molar-refractivity contribution in [1.29, 1.82) is 0 Å². The topological polar surface area (TPSA) is 13.1 Å². The van der Waals surface area contributed by atoms with Crippen molar-refractivity contribution in [2.45, 2.75) is 0 Å². The zero-order valence-electron chi connectivity index (χ0n) is 38.8. The third-order valence-electron chi connectivity index (χ3n) is 14.4. The van der Waals surface area contributed by atoms with Crippen molar-refractivity contribution in [3.63, 3.8) is 0 Å². The Kier molecular flexibility index (Phi) is 9.53. The van der Waals surface area contributed by atoms with E-state index < -0.39 is 0 Å². The lowest BCUT2D eigenvalue weighted by atomic mass is 9.92. The molecule has 0 amide bonds. The Morgan fingerprint density at radius 2 is 0.662 bits per heavy atom. The van der Waals surface area contributed by atoms with Crippen LogP contribution in [0.3, 0.4) is 0 Å². The van der Waals surface area contributed by atoms with Crippen molar-refractivity contribution in [2.24, 2.45) is 0 Å². The van der Waals surface area contributed by atoms with E-state index in [0.717, 1.165) is 56.3 Å². The molecule has 0 saturated heterocycles. The van der Waals surface area contributed by atoms with Crippen molar-refractivity contribution in [3.05, 3.63) is 273 Å². The van der Waals surface area contributed by atoms with Crippen molar-refractivity contribution < 1.29 is 0 Å². The molecule has 0 saturated carbocycles. The van der Waals surface area contributed by atoms with E-state index in [2.05, 4.69) is 287 Å². The summed E-state index contributed by atoms with van der Waals surface area (Å²) >= 11 is 0. The largest absolute Gasteiger partial charge is 0.311 e. The molecule has 0 radical (unpaired) electrons. The number of hydrogen-bond acceptors (Lipinski definition) is 1.